The number of nitrogens with zero attached hydrogens (tertiary/aromatic N) is 1. The summed E-state index contributed by atoms with van der Waals surface area (Å²) < 4.78 is 13.6. The zero-order valence-corrected chi connectivity index (χ0v) is 9.57. The van der Waals surface area contributed by atoms with E-state index in [0.717, 1.165) is 0 Å². The summed E-state index contributed by atoms with van der Waals surface area (Å²) in [7, 11) is 0. The second-order valence-corrected chi connectivity index (χ2v) is 3.57. The number of hydrogen-bond donors (Lipinski definition) is 1. The molecule has 0 spiro atoms. The number of terminal acetylenes is 1. The number of rotatable bonds is 4. The fourth-order valence-electron chi connectivity index (χ4n) is 1.69. The topological polar surface area (TPSA) is 23.5 Å². The van der Waals surface area contributed by atoms with Crippen molar-refractivity contribution in [1.29, 1.82) is 0 Å². The van der Waals surface area contributed by atoms with Gasteiger partial charge in [0.25, 0.3) is 0 Å². The largest absolute Gasteiger partial charge is 0.389 e. The van der Waals surface area contributed by atoms with E-state index in [1.165, 1.54) is 6.07 Å². The summed E-state index contributed by atoms with van der Waals surface area (Å²) in [6.07, 6.45) is 4.41. The third-order valence-electron chi connectivity index (χ3n) is 2.45. The molecule has 0 saturated carbocycles. The Morgan fingerprint density at radius 2 is 2.25 bits per heavy atom. The minimum atomic E-state index is -0.844. The molecule has 1 aromatic carbocycles. The van der Waals surface area contributed by atoms with Crippen molar-refractivity contribution < 1.29 is 9.50 Å². The highest BCUT2D eigenvalue weighted by molar-refractivity contribution is 5.55. The summed E-state index contributed by atoms with van der Waals surface area (Å²) in [6, 6.07) is 4.73. The normalized spacial score (nSPS) is 11.9. The van der Waals surface area contributed by atoms with E-state index in [2.05, 4.69) is 5.92 Å². The summed E-state index contributed by atoms with van der Waals surface area (Å²) in [5.74, 6) is 2.12. The number of aliphatic hydroxyl groups excluding tert-OH is 1. The maximum absolute atomic E-state index is 13.6. The Morgan fingerprint density at radius 1 is 1.56 bits per heavy atom. The van der Waals surface area contributed by atoms with Gasteiger partial charge in [0.2, 0.25) is 0 Å². The second kappa shape index (κ2) is 5.53. The maximum atomic E-state index is 13.6. The van der Waals surface area contributed by atoms with Crippen LogP contribution in [-0.4, -0.2) is 18.2 Å². The van der Waals surface area contributed by atoms with Crippen LogP contribution >= 0.6 is 0 Å². The SMILES string of the molecule is C#CCN(CC)c1cccc(F)c1[C@@H](C)O. The standard InChI is InChI=1S/C13H16FNO/c1-4-9-15(5-2)12-8-6-7-11(14)13(12)10(3)16/h1,6-8,10,16H,5,9H2,2-3H3/t10-/m1/s1. The predicted octanol–water partition coefficient (Wildman–Crippen LogP) is 2.34. The van der Waals surface area contributed by atoms with Crippen LogP contribution in [-0.2, 0) is 0 Å². The van der Waals surface area contributed by atoms with E-state index < -0.39 is 11.9 Å². The summed E-state index contributed by atoms with van der Waals surface area (Å²) in [4.78, 5) is 1.85. The third kappa shape index (κ3) is 2.53. The molecule has 0 amide bonds. The zero-order valence-electron chi connectivity index (χ0n) is 9.57. The van der Waals surface area contributed by atoms with Gasteiger partial charge in [-0.1, -0.05) is 12.0 Å². The molecule has 0 unspecified atom stereocenters. The molecule has 1 rings (SSSR count). The van der Waals surface area contributed by atoms with Gasteiger partial charge in [-0.25, -0.2) is 4.39 Å². The van der Waals surface area contributed by atoms with Crippen LogP contribution in [0.3, 0.4) is 0 Å². The Hall–Kier alpha value is -1.53. The Bertz CT molecular complexity index is 395. The Labute approximate surface area is 95.7 Å². The van der Waals surface area contributed by atoms with E-state index >= 15 is 0 Å². The molecule has 3 heteroatoms. The summed E-state index contributed by atoms with van der Waals surface area (Å²) in [6.45, 7) is 4.56. The molecule has 2 nitrogen and oxygen atoms in total. The fraction of sp³-hybridized carbons (Fsp3) is 0.385. The van der Waals surface area contributed by atoms with Crippen molar-refractivity contribution >= 4 is 5.69 Å². The molecule has 0 aliphatic carbocycles. The molecule has 0 radical (unpaired) electrons. The molecule has 0 aliphatic heterocycles. The van der Waals surface area contributed by atoms with Gasteiger partial charge in [0, 0.05) is 17.8 Å². The lowest BCUT2D eigenvalue weighted by atomic mass is 10.1. The lowest BCUT2D eigenvalue weighted by molar-refractivity contribution is 0.194. The molecule has 16 heavy (non-hydrogen) atoms. The molecule has 0 fully saturated rings. The van der Waals surface area contributed by atoms with Crippen LogP contribution < -0.4 is 4.90 Å². The van der Waals surface area contributed by atoms with Crippen LogP contribution in [0.15, 0.2) is 18.2 Å². The van der Waals surface area contributed by atoms with Crippen molar-refractivity contribution in [2.24, 2.45) is 0 Å². The molecule has 1 atom stereocenters. The monoisotopic (exact) mass is 221 g/mol. The number of benzene rings is 1. The van der Waals surface area contributed by atoms with E-state index in [9.17, 15) is 9.50 Å². The molecular weight excluding hydrogens is 205 g/mol. The van der Waals surface area contributed by atoms with Crippen molar-refractivity contribution in [3.63, 3.8) is 0 Å². The van der Waals surface area contributed by atoms with Crippen LogP contribution in [0.25, 0.3) is 0 Å². The lowest BCUT2D eigenvalue weighted by Crippen LogP contribution is -2.25. The third-order valence-corrected chi connectivity index (χ3v) is 2.45. The van der Waals surface area contributed by atoms with Gasteiger partial charge in [-0.05, 0) is 26.0 Å². The predicted molar refractivity (Wildman–Crippen MR) is 63.8 cm³/mol. The van der Waals surface area contributed by atoms with E-state index in [1.807, 2.05) is 11.8 Å². The molecule has 1 aromatic rings. The Balaban J connectivity index is 3.21. The molecule has 1 N–H and O–H groups in total. The summed E-state index contributed by atoms with van der Waals surface area (Å²) >= 11 is 0. The summed E-state index contributed by atoms with van der Waals surface area (Å²) in [5, 5.41) is 9.58. The van der Waals surface area contributed by atoms with Crippen LogP contribution in [0.2, 0.25) is 0 Å². The first-order valence-electron chi connectivity index (χ1n) is 5.26. The van der Waals surface area contributed by atoms with E-state index in [1.54, 1.807) is 19.1 Å². The van der Waals surface area contributed by atoms with E-state index in [4.69, 9.17) is 6.42 Å². The minimum absolute atomic E-state index is 0.305. The maximum Gasteiger partial charge on any atom is 0.131 e. The van der Waals surface area contributed by atoms with Crippen LogP contribution in [0, 0.1) is 18.2 Å². The Morgan fingerprint density at radius 3 is 2.75 bits per heavy atom. The van der Waals surface area contributed by atoms with Crippen molar-refractivity contribution in [3.8, 4) is 12.3 Å². The van der Waals surface area contributed by atoms with Gasteiger partial charge in [-0.2, -0.15) is 0 Å². The van der Waals surface area contributed by atoms with Crippen molar-refractivity contribution in [2.75, 3.05) is 18.0 Å². The van der Waals surface area contributed by atoms with Gasteiger partial charge < -0.3 is 10.0 Å². The van der Waals surface area contributed by atoms with E-state index in [-0.39, 0.29) is 0 Å². The lowest BCUT2D eigenvalue weighted by Gasteiger charge is -2.24. The van der Waals surface area contributed by atoms with Gasteiger partial charge >= 0.3 is 0 Å². The van der Waals surface area contributed by atoms with Gasteiger partial charge in [0.1, 0.15) is 5.82 Å². The van der Waals surface area contributed by atoms with Crippen LogP contribution in [0.5, 0.6) is 0 Å². The average molecular weight is 221 g/mol. The van der Waals surface area contributed by atoms with Crippen molar-refractivity contribution in [2.45, 2.75) is 20.0 Å². The molecular formula is C13H16FNO. The second-order valence-electron chi connectivity index (χ2n) is 3.57. The quantitative estimate of drug-likeness (QED) is 0.789. The van der Waals surface area contributed by atoms with E-state index in [0.29, 0.717) is 24.3 Å². The number of hydrogen-bond acceptors (Lipinski definition) is 2. The number of halogens is 1. The van der Waals surface area contributed by atoms with Gasteiger partial charge in [-0.3, -0.25) is 0 Å². The molecule has 0 bridgehead atoms. The molecule has 86 valence electrons. The van der Waals surface area contributed by atoms with Crippen LogP contribution in [0.4, 0.5) is 10.1 Å². The van der Waals surface area contributed by atoms with Crippen molar-refractivity contribution in [3.05, 3.63) is 29.6 Å². The fourth-order valence-corrected chi connectivity index (χ4v) is 1.69. The zero-order chi connectivity index (χ0) is 12.1. The molecule has 0 aromatic heterocycles. The number of aliphatic hydroxyl groups is 1. The highest BCUT2D eigenvalue weighted by Gasteiger charge is 2.16. The van der Waals surface area contributed by atoms with Gasteiger partial charge in [0.05, 0.1) is 12.6 Å². The Kier molecular flexibility index (Phi) is 4.33. The molecule has 0 heterocycles. The van der Waals surface area contributed by atoms with Crippen molar-refractivity contribution in [1.82, 2.24) is 0 Å². The van der Waals surface area contributed by atoms with Gasteiger partial charge in [0.15, 0.2) is 0 Å². The first-order chi connectivity index (χ1) is 7.61. The molecule has 0 saturated heterocycles. The number of anilines is 1. The highest BCUT2D eigenvalue weighted by atomic mass is 19.1. The average Bonchev–Trinajstić information content (AvgIpc) is 2.25. The highest BCUT2D eigenvalue weighted by Crippen LogP contribution is 2.28. The summed E-state index contributed by atoms with van der Waals surface area (Å²) in [5.41, 5.74) is 0.968. The first kappa shape index (κ1) is 12.5. The first-order valence-corrected chi connectivity index (χ1v) is 5.26. The minimum Gasteiger partial charge on any atom is -0.389 e. The smallest absolute Gasteiger partial charge is 0.131 e. The van der Waals surface area contributed by atoms with Gasteiger partial charge in [-0.15, -0.1) is 6.42 Å². The molecule has 0 aliphatic rings. The van der Waals surface area contributed by atoms with Crippen LogP contribution in [0.1, 0.15) is 25.5 Å².